The third-order valence-electron chi connectivity index (χ3n) is 3.70. The maximum absolute atomic E-state index is 12.1. The summed E-state index contributed by atoms with van der Waals surface area (Å²) in [7, 11) is 0. The molecular formula is C18H22N4O2S. The summed E-state index contributed by atoms with van der Waals surface area (Å²) in [6.07, 6.45) is 5.96. The summed E-state index contributed by atoms with van der Waals surface area (Å²) >= 11 is 1.55. The number of aromatic nitrogens is 2. The molecule has 0 aromatic carbocycles. The minimum atomic E-state index is -0.483. The van der Waals surface area contributed by atoms with Gasteiger partial charge in [-0.05, 0) is 38.8 Å². The minimum Gasteiger partial charge on any atom is -0.444 e. The molecule has 2 aromatic rings. The van der Waals surface area contributed by atoms with Gasteiger partial charge in [-0.1, -0.05) is 6.08 Å². The number of rotatable bonds is 2. The van der Waals surface area contributed by atoms with E-state index in [0.29, 0.717) is 13.1 Å². The van der Waals surface area contributed by atoms with Crippen LogP contribution in [0.2, 0.25) is 0 Å². The number of amides is 1. The maximum Gasteiger partial charge on any atom is 0.410 e. The third-order valence-corrected chi connectivity index (χ3v) is 4.67. The fourth-order valence-electron chi connectivity index (χ4n) is 2.52. The molecule has 1 amide bonds. The van der Waals surface area contributed by atoms with E-state index < -0.39 is 5.60 Å². The van der Waals surface area contributed by atoms with Gasteiger partial charge in [0.15, 0.2) is 0 Å². The van der Waals surface area contributed by atoms with Crippen molar-refractivity contribution >= 4 is 28.7 Å². The Kier molecular flexibility index (Phi) is 4.76. The van der Waals surface area contributed by atoms with Crippen LogP contribution in [0.25, 0.3) is 16.1 Å². The summed E-state index contributed by atoms with van der Waals surface area (Å²) in [4.78, 5) is 23.8. The van der Waals surface area contributed by atoms with Crippen LogP contribution in [0.3, 0.4) is 0 Å². The van der Waals surface area contributed by atoms with Crippen molar-refractivity contribution in [2.45, 2.75) is 32.8 Å². The molecule has 0 fully saturated rings. The molecule has 2 N–H and O–H groups in total. The SMILES string of the molecule is CC(C)(C)OC(=O)N1CC=C(c2cncc(-c3cc(N)cs3)n2)CC1. The van der Waals surface area contributed by atoms with Gasteiger partial charge < -0.3 is 15.4 Å². The fourth-order valence-corrected chi connectivity index (χ4v) is 3.27. The predicted molar refractivity (Wildman–Crippen MR) is 100 cm³/mol. The number of thiophene rings is 1. The smallest absolute Gasteiger partial charge is 0.410 e. The first-order valence-corrected chi connectivity index (χ1v) is 9.03. The topological polar surface area (TPSA) is 81.3 Å². The van der Waals surface area contributed by atoms with Crippen molar-refractivity contribution in [1.29, 1.82) is 0 Å². The van der Waals surface area contributed by atoms with E-state index in [2.05, 4.69) is 4.98 Å². The Balaban J connectivity index is 1.73. The standard InChI is InChI=1S/C18H22N4O2S/c1-18(2,3)24-17(23)22-6-4-12(5-7-22)14-9-20-10-15(21-14)16-8-13(19)11-25-16/h4,8-11H,5-7,19H2,1-3H3. The first-order chi connectivity index (χ1) is 11.8. The third kappa shape index (κ3) is 4.36. The van der Waals surface area contributed by atoms with Crippen LogP contribution in [-0.2, 0) is 4.74 Å². The predicted octanol–water partition coefficient (Wildman–Crippen LogP) is 3.81. The molecule has 2 aromatic heterocycles. The number of hydrogen-bond acceptors (Lipinski definition) is 6. The molecule has 0 saturated carbocycles. The Labute approximate surface area is 151 Å². The van der Waals surface area contributed by atoms with E-state index in [9.17, 15) is 4.79 Å². The number of nitrogens with zero attached hydrogens (tertiary/aromatic N) is 3. The lowest BCUT2D eigenvalue weighted by Crippen LogP contribution is -2.39. The Morgan fingerprint density at radius 2 is 2.08 bits per heavy atom. The molecule has 7 heteroatoms. The van der Waals surface area contributed by atoms with Crippen LogP contribution < -0.4 is 5.73 Å². The number of carbonyl (C=O) groups excluding carboxylic acids is 1. The van der Waals surface area contributed by atoms with Gasteiger partial charge in [-0.2, -0.15) is 0 Å². The molecule has 0 saturated heterocycles. The van der Waals surface area contributed by atoms with E-state index >= 15 is 0 Å². The van der Waals surface area contributed by atoms with Crippen molar-refractivity contribution in [1.82, 2.24) is 14.9 Å². The number of ether oxygens (including phenoxy) is 1. The first kappa shape index (κ1) is 17.4. The average Bonchev–Trinajstić information content (AvgIpc) is 3.00. The lowest BCUT2D eigenvalue weighted by molar-refractivity contribution is 0.0270. The van der Waals surface area contributed by atoms with Crippen molar-refractivity contribution in [3.05, 3.63) is 35.6 Å². The molecule has 6 nitrogen and oxygen atoms in total. The molecule has 0 aliphatic carbocycles. The monoisotopic (exact) mass is 358 g/mol. The van der Waals surface area contributed by atoms with Crippen molar-refractivity contribution in [3.8, 4) is 10.6 Å². The van der Waals surface area contributed by atoms with E-state index in [1.54, 1.807) is 28.6 Å². The second-order valence-electron chi connectivity index (χ2n) is 6.94. The molecule has 0 unspecified atom stereocenters. The van der Waals surface area contributed by atoms with E-state index in [4.69, 9.17) is 15.5 Å². The highest BCUT2D eigenvalue weighted by molar-refractivity contribution is 7.14. The summed E-state index contributed by atoms with van der Waals surface area (Å²) < 4.78 is 5.42. The van der Waals surface area contributed by atoms with Gasteiger partial charge in [0.25, 0.3) is 0 Å². The summed E-state index contributed by atoms with van der Waals surface area (Å²) in [6.45, 7) is 6.73. The van der Waals surface area contributed by atoms with Crippen LogP contribution >= 0.6 is 11.3 Å². The summed E-state index contributed by atoms with van der Waals surface area (Å²) in [5.74, 6) is 0. The summed E-state index contributed by atoms with van der Waals surface area (Å²) in [5.41, 5.74) is 8.79. The second-order valence-corrected chi connectivity index (χ2v) is 7.85. The molecule has 0 radical (unpaired) electrons. The number of hydrogen-bond donors (Lipinski definition) is 1. The molecule has 3 heterocycles. The van der Waals surface area contributed by atoms with Gasteiger partial charge in [0, 0.05) is 24.2 Å². The van der Waals surface area contributed by atoms with Gasteiger partial charge in [-0.25, -0.2) is 9.78 Å². The summed E-state index contributed by atoms with van der Waals surface area (Å²) in [5, 5.41) is 1.89. The molecule has 1 aliphatic rings. The zero-order chi connectivity index (χ0) is 18.0. The van der Waals surface area contributed by atoms with Crippen molar-refractivity contribution in [3.63, 3.8) is 0 Å². The van der Waals surface area contributed by atoms with Crippen LogP contribution in [0, 0.1) is 0 Å². The molecule has 3 rings (SSSR count). The molecule has 0 spiro atoms. The fraction of sp³-hybridized carbons (Fsp3) is 0.389. The van der Waals surface area contributed by atoms with Gasteiger partial charge in [0.1, 0.15) is 5.60 Å². The van der Waals surface area contributed by atoms with E-state index in [1.165, 1.54) is 0 Å². The average molecular weight is 358 g/mol. The Hall–Kier alpha value is -2.41. The Morgan fingerprint density at radius 1 is 1.32 bits per heavy atom. The number of nitrogen functional groups attached to an aromatic ring is 1. The quantitative estimate of drug-likeness (QED) is 0.883. The summed E-state index contributed by atoms with van der Waals surface area (Å²) in [6, 6.07) is 1.90. The van der Waals surface area contributed by atoms with Gasteiger partial charge in [0.2, 0.25) is 0 Å². The Bertz CT molecular complexity index is 807. The largest absolute Gasteiger partial charge is 0.444 e. The molecule has 132 valence electrons. The van der Waals surface area contributed by atoms with Crippen LogP contribution in [0.4, 0.5) is 10.5 Å². The lowest BCUT2D eigenvalue weighted by atomic mass is 10.1. The number of carbonyl (C=O) groups is 1. The van der Waals surface area contributed by atoms with E-state index in [1.807, 2.05) is 38.3 Å². The van der Waals surface area contributed by atoms with Crippen molar-refractivity contribution < 1.29 is 9.53 Å². The van der Waals surface area contributed by atoms with Crippen molar-refractivity contribution in [2.24, 2.45) is 0 Å². The van der Waals surface area contributed by atoms with Crippen LogP contribution in [0.1, 0.15) is 32.9 Å². The van der Waals surface area contributed by atoms with Gasteiger partial charge in [0.05, 0.1) is 28.7 Å². The number of anilines is 1. The maximum atomic E-state index is 12.1. The zero-order valence-electron chi connectivity index (χ0n) is 14.7. The molecule has 0 bridgehead atoms. The highest BCUT2D eigenvalue weighted by Crippen LogP contribution is 2.28. The normalized spacial score (nSPS) is 15.0. The van der Waals surface area contributed by atoms with Gasteiger partial charge in [-0.3, -0.25) is 4.98 Å². The highest BCUT2D eigenvalue weighted by Gasteiger charge is 2.24. The van der Waals surface area contributed by atoms with Crippen LogP contribution in [-0.4, -0.2) is 39.7 Å². The highest BCUT2D eigenvalue weighted by atomic mass is 32.1. The first-order valence-electron chi connectivity index (χ1n) is 8.15. The van der Waals surface area contributed by atoms with Crippen LogP contribution in [0.5, 0.6) is 0 Å². The van der Waals surface area contributed by atoms with Gasteiger partial charge >= 0.3 is 6.09 Å². The van der Waals surface area contributed by atoms with Gasteiger partial charge in [-0.15, -0.1) is 11.3 Å². The minimum absolute atomic E-state index is 0.281. The molecule has 25 heavy (non-hydrogen) atoms. The second kappa shape index (κ2) is 6.84. The molecular weight excluding hydrogens is 336 g/mol. The number of nitrogens with two attached hydrogens (primary N) is 1. The molecule has 0 atom stereocenters. The molecule has 1 aliphatic heterocycles. The van der Waals surface area contributed by atoms with Crippen LogP contribution in [0.15, 0.2) is 29.9 Å². The van der Waals surface area contributed by atoms with E-state index in [-0.39, 0.29) is 6.09 Å². The van der Waals surface area contributed by atoms with Crippen molar-refractivity contribution in [2.75, 3.05) is 18.8 Å². The Morgan fingerprint density at radius 3 is 2.68 bits per heavy atom. The van der Waals surface area contributed by atoms with E-state index in [0.717, 1.165) is 33.9 Å². The zero-order valence-corrected chi connectivity index (χ0v) is 15.5. The lowest BCUT2D eigenvalue weighted by Gasteiger charge is -2.29.